The molecule has 0 saturated carbocycles. The summed E-state index contributed by atoms with van der Waals surface area (Å²) < 4.78 is 17.7. The lowest BCUT2D eigenvalue weighted by molar-refractivity contribution is -0.123. The van der Waals surface area contributed by atoms with Crippen molar-refractivity contribution in [2.24, 2.45) is 0 Å². The summed E-state index contributed by atoms with van der Waals surface area (Å²) in [5, 5.41) is 2.70. The van der Waals surface area contributed by atoms with E-state index in [1.807, 2.05) is 0 Å². The third-order valence-electron chi connectivity index (χ3n) is 2.67. The summed E-state index contributed by atoms with van der Waals surface area (Å²) in [7, 11) is 1.59. The molecule has 0 bridgehead atoms. The standard InChI is InChI=1S/C14H19FN2O3/c1-11(18)17(13-6-4-12(15)5-7-13)10-14(19)16-8-3-9-20-2/h4-7H,3,8-10H2,1-2H3,(H,16,19). The number of hydrogen-bond acceptors (Lipinski definition) is 3. The lowest BCUT2D eigenvalue weighted by atomic mass is 10.2. The molecule has 2 amide bonds. The van der Waals surface area contributed by atoms with E-state index in [1.54, 1.807) is 7.11 Å². The summed E-state index contributed by atoms with van der Waals surface area (Å²) in [5.41, 5.74) is 0.492. The van der Waals surface area contributed by atoms with E-state index in [0.717, 1.165) is 0 Å². The fourth-order valence-electron chi connectivity index (χ4n) is 1.65. The highest BCUT2D eigenvalue weighted by Gasteiger charge is 2.15. The smallest absolute Gasteiger partial charge is 0.240 e. The molecule has 0 atom stereocenters. The van der Waals surface area contributed by atoms with Gasteiger partial charge in [-0.15, -0.1) is 0 Å². The van der Waals surface area contributed by atoms with Crippen LogP contribution in [0, 0.1) is 5.82 Å². The molecular weight excluding hydrogens is 263 g/mol. The minimum absolute atomic E-state index is 0.0893. The number of ether oxygens (including phenoxy) is 1. The summed E-state index contributed by atoms with van der Waals surface area (Å²) in [5.74, 6) is -0.925. The van der Waals surface area contributed by atoms with Gasteiger partial charge in [0.1, 0.15) is 12.4 Å². The van der Waals surface area contributed by atoms with Crippen molar-refractivity contribution in [3.63, 3.8) is 0 Å². The van der Waals surface area contributed by atoms with Gasteiger partial charge in [-0.2, -0.15) is 0 Å². The van der Waals surface area contributed by atoms with E-state index in [-0.39, 0.29) is 24.2 Å². The molecule has 20 heavy (non-hydrogen) atoms. The molecule has 6 heteroatoms. The molecule has 0 fully saturated rings. The van der Waals surface area contributed by atoms with Gasteiger partial charge in [-0.05, 0) is 30.7 Å². The maximum Gasteiger partial charge on any atom is 0.240 e. The molecule has 0 aliphatic heterocycles. The molecule has 110 valence electrons. The number of nitrogens with one attached hydrogen (secondary N) is 1. The number of hydrogen-bond donors (Lipinski definition) is 1. The fourth-order valence-corrected chi connectivity index (χ4v) is 1.65. The number of benzene rings is 1. The Morgan fingerprint density at radius 2 is 1.95 bits per heavy atom. The average molecular weight is 282 g/mol. The summed E-state index contributed by atoms with van der Waals surface area (Å²) in [6.45, 7) is 2.33. The second-order valence-electron chi connectivity index (χ2n) is 4.28. The lowest BCUT2D eigenvalue weighted by Gasteiger charge is -2.20. The molecule has 0 aliphatic carbocycles. The molecule has 0 heterocycles. The van der Waals surface area contributed by atoms with Gasteiger partial charge < -0.3 is 15.0 Å². The Morgan fingerprint density at radius 3 is 2.50 bits per heavy atom. The molecule has 0 radical (unpaired) electrons. The molecule has 0 aliphatic rings. The van der Waals surface area contributed by atoms with Gasteiger partial charge in [0, 0.05) is 32.9 Å². The zero-order valence-electron chi connectivity index (χ0n) is 11.7. The number of halogens is 1. The predicted octanol–water partition coefficient (Wildman–Crippen LogP) is 1.33. The van der Waals surface area contributed by atoms with Crippen molar-refractivity contribution in [3.8, 4) is 0 Å². The van der Waals surface area contributed by atoms with Gasteiger partial charge >= 0.3 is 0 Å². The van der Waals surface area contributed by atoms with Gasteiger partial charge in [0.2, 0.25) is 11.8 Å². The second kappa shape index (κ2) is 8.27. The third kappa shape index (κ3) is 5.36. The topological polar surface area (TPSA) is 58.6 Å². The second-order valence-corrected chi connectivity index (χ2v) is 4.28. The van der Waals surface area contributed by atoms with E-state index in [1.165, 1.54) is 36.1 Å². The van der Waals surface area contributed by atoms with E-state index in [2.05, 4.69) is 5.32 Å². The highest BCUT2D eigenvalue weighted by Crippen LogP contribution is 2.14. The molecule has 1 N–H and O–H groups in total. The first-order valence-electron chi connectivity index (χ1n) is 6.34. The van der Waals surface area contributed by atoms with Crippen molar-refractivity contribution in [2.45, 2.75) is 13.3 Å². The zero-order valence-corrected chi connectivity index (χ0v) is 11.7. The van der Waals surface area contributed by atoms with Crippen molar-refractivity contribution < 1.29 is 18.7 Å². The van der Waals surface area contributed by atoms with Crippen LogP contribution in [0.5, 0.6) is 0 Å². The lowest BCUT2D eigenvalue weighted by Crippen LogP contribution is -2.40. The molecule has 1 aromatic carbocycles. The monoisotopic (exact) mass is 282 g/mol. The van der Waals surface area contributed by atoms with Crippen molar-refractivity contribution in [1.29, 1.82) is 0 Å². The van der Waals surface area contributed by atoms with Crippen LogP contribution in [0.4, 0.5) is 10.1 Å². The maximum absolute atomic E-state index is 12.9. The van der Waals surface area contributed by atoms with Gasteiger partial charge in [-0.25, -0.2) is 4.39 Å². The molecule has 0 aromatic heterocycles. The number of anilines is 1. The number of carbonyl (C=O) groups is 2. The first-order chi connectivity index (χ1) is 9.54. The Labute approximate surface area is 117 Å². The zero-order chi connectivity index (χ0) is 15.0. The van der Waals surface area contributed by atoms with Crippen LogP contribution in [-0.4, -0.2) is 38.6 Å². The fraction of sp³-hybridized carbons (Fsp3) is 0.429. The quantitative estimate of drug-likeness (QED) is 0.768. The highest BCUT2D eigenvalue weighted by atomic mass is 19.1. The Kier molecular flexibility index (Phi) is 6.66. The van der Waals surface area contributed by atoms with Crippen LogP contribution < -0.4 is 10.2 Å². The van der Waals surface area contributed by atoms with Crippen LogP contribution >= 0.6 is 0 Å². The first-order valence-corrected chi connectivity index (χ1v) is 6.34. The predicted molar refractivity (Wildman–Crippen MR) is 73.9 cm³/mol. The minimum atomic E-state index is -0.388. The number of methoxy groups -OCH3 is 1. The van der Waals surface area contributed by atoms with E-state index >= 15 is 0 Å². The summed E-state index contributed by atoms with van der Waals surface area (Å²) in [6.07, 6.45) is 0.707. The maximum atomic E-state index is 12.9. The van der Waals surface area contributed by atoms with Crippen LogP contribution in [0.3, 0.4) is 0 Å². The first kappa shape index (κ1) is 16.1. The van der Waals surface area contributed by atoms with Crippen molar-refractivity contribution >= 4 is 17.5 Å². The minimum Gasteiger partial charge on any atom is -0.385 e. The SMILES string of the molecule is COCCCNC(=O)CN(C(C)=O)c1ccc(F)cc1. The molecule has 1 rings (SSSR count). The highest BCUT2D eigenvalue weighted by molar-refractivity contribution is 5.97. The van der Waals surface area contributed by atoms with Crippen LogP contribution in [0.25, 0.3) is 0 Å². The molecule has 0 unspecified atom stereocenters. The van der Waals surface area contributed by atoms with Gasteiger partial charge in [-0.3, -0.25) is 9.59 Å². The van der Waals surface area contributed by atoms with E-state index in [9.17, 15) is 14.0 Å². The van der Waals surface area contributed by atoms with E-state index in [0.29, 0.717) is 25.3 Å². The van der Waals surface area contributed by atoms with E-state index in [4.69, 9.17) is 4.74 Å². The van der Waals surface area contributed by atoms with E-state index < -0.39 is 0 Å². The van der Waals surface area contributed by atoms with Crippen molar-refractivity contribution in [2.75, 3.05) is 31.7 Å². The largest absolute Gasteiger partial charge is 0.385 e. The summed E-state index contributed by atoms with van der Waals surface area (Å²) in [4.78, 5) is 24.6. The van der Waals surface area contributed by atoms with Gasteiger partial charge in [-0.1, -0.05) is 0 Å². The van der Waals surface area contributed by atoms with Gasteiger partial charge in [0.15, 0.2) is 0 Å². The molecular formula is C14H19FN2O3. The summed E-state index contributed by atoms with van der Waals surface area (Å²) >= 11 is 0. The van der Waals surface area contributed by atoms with Crippen molar-refractivity contribution in [3.05, 3.63) is 30.1 Å². The Balaban J connectivity index is 2.57. The summed E-state index contributed by atoms with van der Waals surface area (Å²) in [6, 6.07) is 5.44. The van der Waals surface area contributed by atoms with Gasteiger partial charge in [0.05, 0.1) is 0 Å². The Morgan fingerprint density at radius 1 is 1.30 bits per heavy atom. The van der Waals surface area contributed by atoms with Crippen LogP contribution in [0.2, 0.25) is 0 Å². The molecule has 0 spiro atoms. The van der Waals surface area contributed by atoms with Crippen LogP contribution in [0.1, 0.15) is 13.3 Å². The van der Waals surface area contributed by atoms with Crippen LogP contribution in [-0.2, 0) is 14.3 Å². The Hall–Kier alpha value is -1.95. The molecule has 0 saturated heterocycles. The number of rotatable bonds is 7. The normalized spacial score (nSPS) is 10.2. The number of amides is 2. The van der Waals surface area contributed by atoms with Crippen LogP contribution in [0.15, 0.2) is 24.3 Å². The number of carbonyl (C=O) groups excluding carboxylic acids is 2. The molecule has 5 nitrogen and oxygen atoms in total. The average Bonchev–Trinajstić information content (AvgIpc) is 2.42. The Bertz CT molecular complexity index is 448. The van der Waals surface area contributed by atoms with Gasteiger partial charge in [0.25, 0.3) is 0 Å². The molecule has 1 aromatic rings. The third-order valence-corrected chi connectivity index (χ3v) is 2.67. The number of nitrogens with zero attached hydrogens (tertiary/aromatic N) is 1. The van der Waals surface area contributed by atoms with Crippen molar-refractivity contribution in [1.82, 2.24) is 5.32 Å².